The molecule has 1 rings (SSSR count). The lowest BCUT2D eigenvalue weighted by molar-refractivity contribution is -0.116. The van der Waals surface area contributed by atoms with Crippen LogP contribution in [0, 0.1) is 0 Å². The van der Waals surface area contributed by atoms with Crippen LogP contribution in [0.15, 0.2) is 5.38 Å². The van der Waals surface area contributed by atoms with Crippen molar-refractivity contribution in [3.8, 4) is 0 Å². The first-order valence-corrected chi connectivity index (χ1v) is 4.81. The van der Waals surface area contributed by atoms with Crippen molar-refractivity contribution in [2.24, 2.45) is 0 Å². The van der Waals surface area contributed by atoms with Gasteiger partial charge in [-0.3, -0.25) is 9.69 Å². The van der Waals surface area contributed by atoms with Gasteiger partial charge in [-0.15, -0.1) is 22.9 Å². The number of thiazole rings is 1. The third kappa shape index (κ3) is 1.95. The summed E-state index contributed by atoms with van der Waals surface area (Å²) in [6, 6.07) is 0. The van der Waals surface area contributed by atoms with Gasteiger partial charge in [0.2, 0.25) is 5.91 Å². The third-order valence-corrected chi connectivity index (χ3v) is 2.68. The van der Waals surface area contributed by atoms with Gasteiger partial charge in [0.1, 0.15) is 0 Å². The molecule has 3 nitrogen and oxygen atoms in total. The van der Waals surface area contributed by atoms with Gasteiger partial charge >= 0.3 is 0 Å². The van der Waals surface area contributed by atoms with E-state index in [2.05, 4.69) is 4.98 Å². The van der Waals surface area contributed by atoms with Crippen molar-refractivity contribution in [3.63, 3.8) is 0 Å². The van der Waals surface area contributed by atoms with Crippen LogP contribution in [0.5, 0.6) is 0 Å². The molecule has 0 saturated carbocycles. The maximum absolute atomic E-state index is 10.9. The lowest BCUT2D eigenvalue weighted by Gasteiger charge is -2.09. The van der Waals surface area contributed by atoms with Crippen LogP contribution in [0.25, 0.3) is 0 Å². The number of nitrogens with zero attached hydrogens (tertiary/aromatic N) is 2. The zero-order valence-electron chi connectivity index (χ0n) is 6.87. The Morgan fingerprint density at radius 3 is 2.92 bits per heavy atom. The van der Waals surface area contributed by atoms with Gasteiger partial charge in [0.05, 0.1) is 11.6 Å². The third-order valence-electron chi connectivity index (χ3n) is 1.44. The molecule has 0 aromatic carbocycles. The van der Waals surface area contributed by atoms with Crippen molar-refractivity contribution in [2.75, 3.05) is 11.9 Å². The summed E-state index contributed by atoms with van der Waals surface area (Å²) in [6.07, 6.45) is 0. The van der Waals surface area contributed by atoms with Crippen LogP contribution in [-0.2, 0) is 10.7 Å². The van der Waals surface area contributed by atoms with Crippen LogP contribution >= 0.6 is 22.9 Å². The summed E-state index contributed by atoms with van der Waals surface area (Å²) in [5.74, 6) is 0.368. The van der Waals surface area contributed by atoms with E-state index in [1.165, 1.54) is 23.2 Å². The summed E-state index contributed by atoms with van der Waals surface area (Å²) >= 11 is 6.99. The molecule has 12 heavy (non-hydrogen) atoms. The quantitative estimate of drug-likeness (QED) is 0.690. The van der Waals surface area contributed by atoms with Gasteiger partial charge in [0.15, 0.2) is 5.13 Å². The molecular formula is C7H9ClN2OS. The van der Waals surface area contributed by atoms with Gasteiger partial charge in [-0.1, -0.05) is 0 Å². The number of hydrogen-bond acceptors (Lipinski definition) is 3. The monoisotopic (exact) mass is 204 g/mol. The summed E-state index contributed by atoms with van der Waals surface area (Å²) in [4.78, 5) is 16.5. The van der Waals surface area contributed by atoms with E-state index < -0.39 is 0 Å². The minimum absolute atomic E-state index is 0.0227. The number of anilines is 1. The highest BCUT2D eigenvalue weighted by Crippen LogP contribution is 2.19. The van der Waals surface area contributed by atoms with Crippen LogP contribution in [0.4, 0.5) is 5.13 Å². The molecule has 66 valence electrons. The second-order valence-electron chi connectivity index (χ2n) is 2.33. The lowest BCUT2D eigenvalue weighted by atomic mass is 10.6. The van der Waals surface area contributed by atoms with E-state index in [0.717, 1.165) is 5.69 Å². The molecule has 0 atom stereocenters. The Hall–Kier alpha value is -0.610. The number of carbonyl (C=O) groups excluding carboxylic acids is 1. The summed E-state index contributed by atoms with van der Waals surface area (Å²) in [5.41, 5.74) is 0.810. The molecule has 1 amide bonds. The van der Waals surface area contributed by atoms with Crippen LogP contribution < -0.4 is 4.90 Å². The maximum Gasteiger partial charge on any atom is 0.225 e. The van der Waals surface area contributed by atoms with E-state index in [0.29, 0.717) is 11.0 Å². The number of hydrogen-bond donors (Lipinski definition) is 0. The van der Waals surface area contributed by atoms with Crippen molar-refractivity contribution >= 4 is 34.0 Å². The molecular weight excluding hydrogens is 196 g/mol. The van der Waals surface area contributed by atoms with Crippen molar-refractivity contribution < 1.29 is 4.79 Å². The van der Waals surface area contributed by atoms with Crippen LogP contribution in [0.1, 0.15) is 12.6 Å². The number of alkyl halides is 1. The van der Waals surface area contributed by atoms with Gasteiger partial charge in [-0.2, -0.15) is 0 Å². The molecule has 0 aliphatic rings. The van der Waals surface area contributed by atoms with E-state index in [4.69, 9.17) is 11.6 Å². The molecule has 0 N–H and O–H groups in total. The number of aromatic nitrogens is 1. The highest BCUT2D eigenvalue weighted by atomic mass is 35.5. The van der Waals surface area contributed by atoms with Crippen LogP contribution in [0.3, 0.4) is 0 Å². The van der Waals surface area contributed by atoms with Gasteiger partial charge in [0.25, 0.3) is 0 Å². The topological polar surface area (TPSA) is 33.2 Å². The van der Waals surface area contributed by atoms with Crippen molar-refractivity contribution in [1.82, 2.24) is 4.98 Å². The van der Waals surface area contributed by atoms with E-state index in [-0.39, 0.29) is 5.91 Å². The largest absolute Gasteiger partial charge is 0.292 e. The van der Waals surface area contributed by atoms with E-state index in [1.54, 1.807) is 7.05 Å². The Morgan fingerprint density at radius 2 is 2.50 bits per heavy atom. The molecule has 5 heteroatoms. The fourth-order valence-electron chi connectivity index (χ4n) is 0.646. The predicted molar refractivity (Wildman–Crippen MR) is 50.8 cm³/mol. The molecule has 0 unspecified atom stereocenters. The maximum atomic E-state index is 10.9. The summed E-state index contributed by atoms with van der Waals surface area (Å²) in [6.45, 7) is 1.50. The Kier molecular flexibility index (Phi) is 3.05. The summed E-state index contributed by atoms with van der Waals surface area (Å²) in [5, 5.41) is 2.54. The molecule has 0 aliphatic carbocycles. The molecule has 0 saturated heterocycles. The number of amides is 1. The first-order valence-electron chi connectivity index (χ1n) is 3.40. The van der Waals surface area contributed by atoms with Crippen molar-refractivity contribution in [2.45, 2.75) is 12.8 Å². The van der Waals surface area contributed by atoms with E-state index >= 15 is 0 Å². The number of rotatable bonds is 2. The number of halogens is 1. The Bertz CT molecular complexity index is 287. The molecule has 0 fully saturated rings. The first kappa shape index (κ1) is 9.48. The number of carbonyl (C=O) groups is 1. The SMILES string of the molecule is CC(=O)N(C)c1nc(CCl)cs1. The predicted octanol–water partition coefficient (Wildman–Crippen LogP) is 1.86. The first-order chi connectivity index (χ1) is 5.65. The van der Waals surface area contributed by atoms with Gasteiger partial charge in [-0.05, 0) is 0 Å². The second kappa shape index (κ2) is 3.87. The standard InChI is InChI=1S/C7H9ClN2OS/c1-5(11)10(2)7-9-6(3-8)4-12-7/h4H,3H2,1-2H3. The average molecular weight is 205 g/mol. The van der Waals surface area contributed by atoms with Crippen LogP contribution in [-0.4, -0.2) is 17.9 Å². The summed E-state index contributed by atoms with van der Waals surface area (Å²) in [7, 11) is 1.69. The van der Waals surface area contributed by atoms with Gasteiger partial charge in [-0.25, -0.2) is 4.98 Å². The molecule has 0 aliphatic heterocycles. The normalized spacial score (nSPS) is 9.92. The molecule has 1 heterocycles. The van der Waals surface area contributed by atoms with Crippen molar-refractivity contribution in [1.29, 1.82) is 0 Å². The molecule has 0 bridgehead atoms. The molecule has 1 aromatic rings. The fraction of sp³-hybridized carbons (Fsp3) is 0.429. The van der Waals surface area contributed by atoms with Gasteiger partial charge in [0, 0.05) is 19.4 Å². The molecule has 1 aromatic heterocycles. The van der Waals surface area contributed by atoms with E-state index in [9.17, 15) is 4.79 Å². The highest BCUT2D eigenvalue weighted by molar-refractivity contribution is 7.14. The fourth-order valence-corrected chi connectivity index (χ4v) is 1.71. The lowest BCUT2D eigenvalue weighted by Crippen LogP contribution is -2.22. The van der Waals surface area contributed by atoms with E-state index in [1.807, 2.05) is 5.38 Å². The summed E-state index contributed by atoms with van der Waals surface area (Å²) < 4.78 is 0. The highest BCUT2D eigenvalue weighted by Gasteiger charge is 2.09. The molecule has 0 spiro atoms. The zero-order chi connectivity index (χ0) is 9.14. The van der Waals surface area contributed by atoms with Crippen LogP contribution in [0.2, 0.25) is 0 Å². The Morgan fingerprint density at radius 1 is 1.83 bits per heavy atom. The minimum atomic E-state index is -0.0227. The van der Waals surface area contributed by atoms with Crippen molar-refractivity contribution in [3.05, 3.63) is 11.1 Å². The Balaban J connectivity index is 2.81. The van der Waals surface area contributed by atoms with Gasteiger partial charge < -0.3 is 0 Å². The zero-order valence-corrected chi connectivity index (χ0v) is 8.45. The second-order valence-corrected chi connectivity index (χ2v) is 3.44. The smallest absolute Gasteiger partial charge is 0.225 e. The Labute approximate surface area is 80.0 Å². The minimum Gasteiger partial charge on any atom is -0.292 e. The average Bonchev–Trinajstić information content (AvgIpc) is 2.50. The molecule has 0 radical (unpaired) electrons.